The van der Waals surface area contributed by atoms with Gasteiger partial charge in [-0.2, -0.15) is 0 Å². The van der Waals surface area contributed by atoms with E-state index in [-0.39, 0.29) is 12.5 Å². The Morgan fingerprint density at radius 3 is 1.08 bits per heavy atom. The average Bonchev–Trinajstić information content (AvgIpc) is 2.53. The maximum atomic E-state index is 9.90. The van der Waals surface area contributed by atoms with E-state index in [1.54, 1.807) is 32.7 Å². The Morgan fingerprint density at radius 2 is 0.840 bits per heavy atom. The van der Waals surface area contributed by atoms with Gasteiger partial charge < -0.3 is 44.1 Å². The van der Waals surface area contributed by atoms with Gasteiger partial charge in [-0.1, -0.05) is 0 Å². The Hall–Kier alpha value is 0.684. The van der Waals surface area contributed by atoms with Crippen LogP contribution in [0.5, 0.6) is 0 Å². The molecule has 4 atom stereocenters. The molecule has 1 rings (SSSR count). The second-order valence-electron chi connectivity index (χ2n) is 6.29. The van der Waals surface area contributed by atoms with Crippen LogP contribution in [0.2, 0.25) is 32.7 Å². The van der Waals surface area contributed by atoms with Crippen LogP contribution in [0.3, 0.4) is 0 Å². The van der Waals surface area contributed by atoms with E-state index in [0.29, 0.717) is 0 Å². The van der Waals surface area contributed by atoms with Crippen LogP contribution in [0.15, 0.2) is 0 Å². The van der Waals surface area contributed by atoms with Crippen molar-refractivity contribution in [3.8, 4) is 0 Å². The Labute approximate surface area is 154 Å². The minimum atomic E-state index is -3.27. The molecule has 1 aliphatic rings. The van der Waals surface area contributed by atoms with E-state index in [2.05, 4.69) is 0 Å². The molecule has 0 saturated carbocycles. The van der Waals surface area contributed by atoms with Crippen LogP contribution in [0.1, 0.15) is 0 Å². The second kappa shape index (κ2) is 8.37. The molecular weight excluding hydrogens is 421 g/mol. The molecule has 4 unspecified atom stereocenters. The lowest BCUT2D eigenvalue weighted by Gasteiger charge is -2.46. The molecule has 2 N–H and O–H groups in total. The van der Waals surface area contributed by atoms with Crippen molar-refractivity contribution >= 4 is 43.5 Å². The van der Waals surface area contributed by atoms with Gasteiger partial charge in [0, 0.05) is 41.0 Å². The Bertz CT molecular complexity index is 351. The predicted molar refractivity (Wildman–Crippen MR) is 98.7 cm³/mol. The molecule has 1 heterocycles. The van der Waals surface area contributed by atoms with Gasteiger partial charge in [0.2, 0.25) is 0 Å². The van der Waals surface area contributed by atoms with Crippen LogP contribution in [0.25, 0.3) is 0 Å². The highest BCUT2D eigenvalue weighted by atomic mass is 28.5. The highest BCUT2D eigenvalue weighted by Crippen LogP contribution is 2.31. The van der Waals surface area contributed by atoms with Crippen LogP contribution in [0.4, 0.5) is 0 Å². The zero-order valence-electron chi connectivity index (χ0n) is 16.1. The highest BCUT2D eigenvalue weighted by Gasteiger charge is 2.60. The van der Waals surface area contributed by atoms with Gasteiger partial charge >= 0.3 is 43.5 Å². The fourth-order valence-corrected chi connectivity index (χ4v) is 23.5. The smallest absolute Gasteiger partial charge is 0.413 e. The topological polar surface area (TPSA) is 114 Å². The van der Waals surface area contributed by atoms with Crippen molar-refractivity contribution in [3.05, 3.63) is 0 Å². The second-order valence-corrected chi connectivity index (χ2v) is 21.9. The van der Waals surface area contributed by atoms with Gasteiger partial charge in [0.05, 0.1) is 12.5 Å². The first-order valence-corrected chi connectivity index (χ1v) is 19.4. The summed E-state index contributed by atoms with van der Waals surface area (Å²) >= 11 is 0. The molecule has 25 heavy (non-hydrogen) atoms. The summed E-state index contributed by atoms with van der Waals surface area (Å²) in [6, 6.07) is 0. The molecule has 15 heteroatoms. The summed E-state index contributed by atoms with van der Waals surface area (Å²) in [4.78, 5) is 0. The number of hydrogen-bond acceptors (Lipinski definition) is 10. The summed E-state index contributed by atoms with van der Waals surface area (Å²) < 4.78 is 46.8. The quantitative estimate of drug-likeness (QED) is 0.552. The molecular formula is C10H30O10Si5. The van der Waals surface area contributed by atoms with E-state index in [0.717, 1.165) is 0 Å². The van der Waals surface area contributed by atoms with Gasteiger partial charge in [0.1, 0.15) is 0 Å². The van der Waals surface area contributed by atoms with Crippen molar-refractivity contribution in [2.75, 3.05) is 33.8 Å². The third-order valence-electron chi connectivity index (χ3n) is 3.66. The molecule has 0 aromatic carbocycles. The minimum absolute atomic E-state index is 0.356. The minimum Gasteiger partial charge on any atom is -0.413 e. The molecule has 0 bridgehead atoms. The van der Waals surface area contributed by atoms with E-state index in [4.69, 9.17) is 33.9 Å². The van der Waals surface area contributed by atoms with Gasteiger partial charge in [0.25, 0.3) is 0 Å². The van der Waals surface area contributed by atoms with E-state index in [1.807, 2.05) is 0 Å². The molecule has 1 aliphatic heterocycles. The lowest BCUT2D eigenvalue weighted by Crippen LogP contribution is -2.70. The standard InChI is InChI=1S/C10H30O10Si5/c1-13-23(6)17-21(4,9-11)16-22(5,10-12)18-24(7,14-2)20-25(8,15-3)19-23/h11-12H,9-10H2,1-8H3. The molecule has 0 aromatic rings. The zero-order chi connectivity index (χ0) is 19.6. The lowest BCUT2D eigenvalue weighted by molar-refractivity contribution is 0.0784. The fraction of sp³-hybridized carbons (Fsp3) is 1.00. The summed E-state index contributed by atoms with van der Waals surface area (Å²) in [6.07, 6.45) is -0.711. The summed E-state index contributed by atoms with van der Waals surface area (Å²) in [6.45, 7) is 8.38. The SMILES string of the molecule is CO[Si]1(C)O[Si](C)(CO)O[Si](C)(CO)O[Si](C)(OC)O[Si](C)(OC)O1. The molecule has 0 radical (unpaired) electrons. The first kappa shape index (κ1) is 23.7. The van der Waals surface area contributed by atoms with E-state index >= 15 is 0 Å². The number of aliphatic hydroxyl groups excluding tert-OH is 2. The lowest BCUT2D eigenvalue weighted by atomic mass is 11.7. The summed E-state index contributed by atoms with van der Waals surface area (Å²) in [7, 11) is -11.8. The highest BCUT2D eigenvalue weighted by molar-refractivity contribution is 6.90. The van der Waals surface area contributed by atoms with Crippen molar-refractivity contribution in [2.45, 2.75) is 32.7 Å². The number of rotatable bonds is 5. The van der Waals surface area contributed by atoms with Crippen molar-refractivity contribution in [2.24, 2.45) is 0 Å². The predicted octanol–water partition coefficient (Wildman–Crippen LogP) is -0.0647. The first-order chi connectivity index (χ1) is 11.3. The van der Waals surface area contributed by atoms with Gasteiger partial charge in [-0.15, -0.1) is 0 Å². The Balaban J connectivity index is 3.44. The Morgan fingerprint density at radius 1 is 0.560 bits per heavy atom. The van der Waals surface area contributed by atoms with E-state index < -0.39 is 43.5 Å². The Kier molecular flexibility index (Phi) is 7.94. The molecule has 0 aromatic heterocycles. The van der Waals surface area contributed by atoms with Crippen molar-refractivity contribution in [1.29, 1.82) is 0 Å². The van der Waals surface area contributed by atoms with Crippen molar-refractivity contribution < 1.29 is 44.1 Å². The maximum absolute atomic E-state index is 9.90. The van der Waals surface area contributed by atoms with Crippen LogP contribution >= 0.6 is 0 Å². The van der Waals surface area contributed by atoms with Gasteiger partial charge in [-0.05, 0) is 13.1 Å². The maximum Gasteiger partial charge on any atom is 0.482 e. The molecule has 0 spiro atoms. The van der Waals surface area contributed by atoms with E-state index in [1.165, 1.54) is 21.3 Å². The van der Waals surface area contributed by atoms with Crippen LogP contribution in [0, 0.1) is 0 Å². The first-order valence-electron chi connectivity index (χ1n) is 7.72. The molecule has 0 aliphatic carbocycles. The van der Waals surface area contributed by atoms with Crippen LogP contribution in [-0.2, 0) is 33.9 Å². The largest absolute Gasteiger partial charge is 0.482 e. The molecule has 0 amide bonds. The monoisotopic (exact) mass is 450 g/mol. The summed E-state index contributed by atoms with van der Waals surface area (Å²) in [5, 5.41) is 19.8. The van der Waals surface area contributed by atoms with Gasteiger partial charge in [-0.3, -0.25) is 0 Å². The molecule has 10 nitrogen and oxygen atoms in total. The van der Waals surface area contributed by atoms with E-state index in [9.17, 15) is 10.2 Å². The zero-order valence-corrected chi connectivity index (χ0v) is 21.1. The molecule has 1 fully saturated rings. The molecule has 1 saturated heterocycles. The summed E-state index contributed by atoms with van der Waals surface area (Å²) in [5.74, 6) is 0. The third-order valence-corrected chi connectivity index (χ3v) is 22.8. The fourth-order valence-electron chi connectivity index (χ4n) is 2.40. The number of hydrogen-bond donors (Lipinski definition) is 2. The average molecular weight is 451 g/mol. The van der Waals surface area contributed by atoms with Crippen molar-refractivity contribution in [3.63, 3.8) is 0 Å². The van der Waals surface area contributed by atoms with Gasteiger partial charge in [0.15, 0.2) is 0 Å². The van der Waals surface area contributed by atoms with Crippen molar-refractivity contribution in [1.82, 2.24) is 0 Å². The summed E-state index contributed by atoms with van der Waals surface area (Å²) in [5.41, 5.74) is 0. The number of aliphatic hydroxyl groups is 2. The van der Waals surface area contributed by atoms with Gasteiger partial charge in [-0.25, -0.2) is 0 Å². The van der Waals surface area contributed by atoms with Crippen LogP contribution < -0.4 is 0 Å². The third kappa shape index (κ3) is 6.09. The van der Waals surface area contributed by atoms with Crippen LogP contribution in [-0.4, -0.2) is 87.5 Å². The normalized spacial score (nSPS) is 46.8. The molecule has 150 valence electrons.